The van der Waals surface area contributed by atoms with Gasteiger partial charge in [0.1, 0.15) is 11.8 Å². The number of pyridine rings is 1. The first-order chi connectivity index (χ1) is 9.02. The summed E-state index contributed by atoms with van der Waals surface area (Å²) in [7, 11) is 0. The molecule has 2 rings (SSSR count). The van der Waals surface area contributed by atoms with Crippen LogP contribution in [0.5, 0.6) is 11.5 Å². The maximum absolute atomic E-state index is 9.03. The Hall–Kier alpha value is -2.34. The van der Waals surface area contributed by atoms with E-state index >= 15 is 0 Å². The minimum absolute atomic E-state index is 0.0222. The molecule has 0 spiro atoms. The molecule has 0 saturated heterocycles. The summed E-state index contributed by atoms with van der Waals surface area (Å²) in [5.74, 6) is 1.25. The van der Waals surface area contributed by atoms with Crippen molar-refractivity contribution in [2.24, 2.45) is 0 Å². The highest BCUT2D eigenvalue weighted by Gasteiger charge is 2.19. The summed E-state index contributed by atoms with van der Waals surface area (Å²) < 4.78 is 5.87. The average molecular weight is 252 g/mol. The summed E-state index contributed by atoms with van der Waals surface area (Å²) in [5, 5.41) is 9.03. The molecule has 0 aliphatic carbocycles. The number of benzene rings is 1. The minimum atomic E-state index is -0.0222. The fraction of sp³-hybridized carbons (Fsp3) is 0.250. The molecule has 1 heterocycles. The van der Waals surface area contributed by atoms with Crippen LogP contribution in [-0.2, 0) is 5.41 Å². The number of aromatic nitrogens is 1. The second-order valence-corrected chi connectivity index (χ2v) is 5.31. The van der Waals surface area contributed by atoms with Gasteiger partial charge in [-0.25, -0.2) is 4.98 Å². The number of hydrogen-bond acceptors (Lipinski definition) is 3. The number of ether oxygens (including phenoxy) is 1. The van der Waals surface area contributed by atoms with Crippen molar-refractivity contribution in [3.63, 3.8) is 0 Å². The second kappa shape index (κ2) is 5.11. The lowest BCUT2D eigenvalue weighted by molar-refractivity contribution is 0.452. The van der Waals surface area contributed by atoms with Gasteiger partial charge in [0, 0.05) is 11.8 Å². The predicted molar refractivity (Wildman–Crippen MR) is 74.2 cm³/mol. The van der Waals surface area contributed by atoms with Crippen molar-refractivity contribution >= 4 is 0 Å². The smallest absolute Gasteiger partial charge is 0.183 e. The maximum Gasteiger partial charge on any atom is 0.183 e. The summed E-state index contributed by atoms with van der Waals surface area (Å²) in [5.41, 5.74) is 1.37. The first-order valence-electron chi connectivity index (χ1n) is 6.15. The lowest BCUT2D eigenvalue weighted by Gasteiger charge is -2.22. The maximum atomic E-state index is 9.03. The number of rotatable bonds is 2. The van der Waals surface area contributed by atoms with E-state index in [2.05, 4.69) is 25.8 Å². The van der Waals surface area contributed by atoms with Crippen molar-refractivity contribution in [2.75, 3.05) is 0 Å². The minimum Gasteiger partial charge on any atom is -0.454 e. The van der Waals surface area contributed by atoms with Crippen LogP contribution in [0.25, 0.3) is 0 Å². The molecular weight excluding hydrogens is 236 g/mol. The third-order valence-electron chi connectivity index (χ3n) is 2.79. The fourth-order valence-corrected chi connectivity index (χ4v) is 1.85. The van der Waals surface area contributed by atoms with Gasteiger partial charge in [-0.05, 0) is 23.6 Å². The van der Waals surface area contributed by atoms with Gasteiger partial charge in [-0.2, -0.15) is 5.26 Å². The van der Waals surface area contributed by atoms with Crippen LogP contribution in [-0.4, -0.2) is 4.98 Å². The van der Waals surface area contributed by atoms with Gasteiger partial charge in [-0.1, -0.05) is 39.0 Å². The van der Waals surface area contributed by atoms with Gasteiger partial charge in [0.05, 0.1) is 0 Å². The molecule has 2 aromatic rings. The van der Waals surface area contributed by atoms with Crippen molar-refractivity contribution in [3.05, 3.63) is 53.9 Å². The first-order valence-corrected chi connectivity index (χ1v) is 6.15. The molecule has 0 unspecified atom stereocenters. The van der Waals surface area contributed by atoms with Gasteiger partial charge in [-0.3, -0.25) is 0 Å². The predicted octanol–water partition coefficient (Wildman–Crippen LogP) is 4.04. The highest BCUT2D eigenvalue weighted by molar-refractivity contribution is 5.44. The summed E-state index contributed by atoms with van der Waals surface area (Å²) >= 11 is 0. The molecule has 3 nitrogen and oxygen atoms in total. The van der Waals surface area contributed by atoms with E-state index < -0.39 is 0 Å². The van der Waals surface area contributed by atoms with Crippen molar-refractivity contribution in [1.82, 2.24) is 4.98 Å². The summed E-state index contributed by atoms with van der Waals surface area (Å²) in [6.45, 7) is 6.39. The van der Waals surface area contributed by atoms with Crippen LogP contribution < -0.4 is 4.74 Å². The number of hydrogen-bond donors (Lipinski definition) is 0. The van der Waals surface area contributed by atoms with E-state index in [0.717, 1.165) is 11.3 Å². The molecule has 0 radical (unpaired) electrons. The SMILES string of the molecule is CC(C)(C)c1ccccc1Oc1cccnc1C#N. The molecule has 0 bridgehead atoms. The molecule has 96 valence electrons. The van der Waals surface area contributed by atoms with Gasteiger partial charge < -0.3 is 4.74 Å². The lowest BCUT2D eigenvalue weighted by Crippen LogP contribution is -2.12. The van der Waals surface area contributed by atoms with Crippen LogP contribution in [0, 0.1) is 11.3 Å². The van der Waals surface area contributed by atoms with Crippen LogP contribution in [0.1, 0.15) is 32.0 Å². The summed E-state index contributed by atoms with van der Waals surface area (Å²) in [6.07, 6.45) is 1.58. The van der Waals surface area contributed by atoms with Gasteiger partial charge in [-0.15, -0.1) is 0 Å². The van der Waals surface area contributed by atoms with Crippen molar-refractivity contribution < 1.29 is 4.74 Å². The van der Waals surface area contributed by atoms with E-state index in [1.165, 1.54) is 0 Å². The first kappa shape index (κ1) is 13.1. The topological polar surface area (TPSA) is 45.9 Å². The Balaban J connectivity index is 2.43. The van der Waals surface area contributed by atoms with E-state index in [4.69, 9.17) is 10.00 Å². The highest BCUT2D eigenvalue weighted by atomic mass is 16.5. The molecule has 0 aliphatic rings. The average Bonchev–Trinajstić information content (AvgIpc) is 2.39. The Morgan fingerprint density at radius 3 is 2.42 bits per heavy atom. The third-order valence-corrected chi connectivity index (χ3v) is 2.79. The Bertz CT molecular complexity index is 621. The van der Waals surface area contributed by atoms with E-state index in [1.54, 1.807) is 18.3 Å². The Labute approximate surface area is 113 Å². The molecule has 0 atom stereocenters. The van der Waals surface area contributed by atoms with E-state index in [0.29, 0.717) is 11.4 Å². The lowest BCUT2D eigenvalue weighted by atomic mass is 9.86. The Kier molecular flexibility index (Phi) is 3.52. The second-order valence-electron chi connectivity index (χ2n) is 5.31. The van der Waals surface area contributed by atoms with E-state index in [1.807, 2.05) is 30.3 Å². The Morgan fingerprint density at radius 2 is 1.74 bits per heavy atom. The molecule has 0 N–H and O–H groups in total. The van der Waals surface area contributed by atoms with Crippen LogP contribution in [0.3, 0.4) is 0 Å². The molecule has 1 aromatic carbocycles. The van der Waals surface area contributed by atoms with Gasteiger partial charge in [0.25, 0.3) is 0 Å². The van der Waals surface area contributed by atoms with Crippen LogP contribution >= 0.6 is 0 Å². The fourth-order valence-electron chi connectivity index (χ4n) is 1.85. The van der Waals surface area contributed by atoms with Gasteiger partial charge in [0.15, 0.2) is 11.4 Å². The number of nitrogens with zero attached hydrogens (tertiary/aromatic N) is 2. The molecule has 1 aromatic heterocycles. The summed E-state index contributed by atoms with van der Waals surface area (Å²) in [6, 6.07) is 13.4. The molecule has 3 heteroatoms. The van der Waals surface area contributed by atoms with E-state index in [9.17, 15) is 0 Å². The van der Waals surface area contributed by atoms with Crippen molar-refractivity contribution in [2.45, 2.75) is 26.2 Å². The monoisotopic (exact) mass is 252 g/mol. The largest absolute Gasteiger partial charge is 0.454 e. The van der Waals surface area contributed by atoms with Crippen LogP contribution in [0.15, 0.2) is 42.6 Å². The Morgan fingerprint density at radius 1 is 1.05 bits per heavy atom. The zero-order valence-electron chi connectivity index (χ0n) is 11.3. The highest BCUT2D eigenvalue weighted by Crippen LogP contribution is 2.34. The molecule has 19 heavy (non-hydrogen) atoms. The van der Waals surface area contributed by atoms with Gasteiger partial charge >= 0.3 is 0 Å². The summed E-state index contributed by atoms with van der Waals surface area (Å²) in [4.78, 5) is 4.00. The molecule has 0 saturated carbocycles. The van der Waals surface area contributed by atoms with Crippen LogP contribution in [0.2, 0.25) is 0 Å². The van der Waals surface area contributed by atoms with Crippen molar-refractivity contribution in [1.29, 1.82) is 5.26 Å². The normalized spacial score (nSPS) is 10.8. The number of nitriles is 1. The zero-order chi connectivity index (χ0) is 13.9. The standard InChI is InChI=1S/C16H16N2O/c1-16(2,3)12-7-4-5-8-14(12)19-15-9-6-10-18-13(15)11-17/h4-10H,1-3H3. The molecule has 0 aliphatic heterocycles. The van der Waals surface area contributed by atoms with Crippen molar-refractivity contribution in [3.8, 4) is 17.6 Å². The molecule has 0 fully saturated rings. The molecule has 0 amide bonds. The third kappa shape index (κ3) is 2.92. The van der Waals surface area contributed by atoms with E-state index in [-0.39, 0.29) is 5.41 Å². The molecular formula is C16H16N2O. The number of para-hydroxylation sites is 1. The van der Waals surface area contributed by atoms with Gasteiger partial charge in [0.2, 0.25) is 0 Å². The quantitative estimate of drug-likeness (QED) is 0.810. The van der Waals surface area contributed by atoms with Crippen LogP contribution in [0.4, 0.5) is 0 Å². The zero-order valence-corrected chi connectivity index (χ0v) is 11.3.